The Labute approximate surface area is 129 Å². The number of aromatic hydroxyl groups is 1. The monoisotopic (exact) mass is 291 g/mol. The number of nitrogens with zero attached hydrogens (tertiary/aromatic N) is 2. The Morgan fingerprint density at radius 3 is 2.64 bits per heavy atom. The number of nitrogens with one attached hydrogen (secondary N) is 1. The number of hydrazone groups is 1. The highest BCUT2D eigenvalue weighted by atomic mass is 16.3. The molecule has 0 saturated heterocycles. The summed E-state index contributed by atoms with van der Waals surface area (Å²) in [7, 11) is 0. The van der Waals surface area contributed by atoms with Crippen LogP contribution in [-0.4, -0.2) is 16.3 Å². The SMILES string of the molecule is Cc1cc(N/N=C/c2ccc(O)cc2)c2cccc(C)c2n1. The van der Waals surface area contributed by atoms with Gasteiger partial charge >= 0.3 is 0 Å². The molecule has 110 valence electrons. The van der Waals surface area contributed by atoms with E-state index in [2.05, 4.69) is 28.5 Å². The fourth-order valence-electron chi connectivity index (χ4n) is 2.35. The van der Waals surface area contributed by atoms with Crippen LogP contribution < -0.4 is 5.43 Å². The zero-order valence-electron chi connectivity index (χ0n) is 12.5. The van der Waals surface area contributed by atoms with Crippen LogP contribution in [0.3, 0.4) is 0 Å². The van der Waals surface area contributed by atoms with E-state index in [0.29, 0.717) is 0 Å². The van der Waals surface area contributed by atoms with Crippen molar-refractivity contribution in [1.82, 2.24) is 4.98 Å². The number of phenolic OH excluding ortho intramolecular Hbond substituents is 1. The molecular formula is C18H17N3O. The molecule has 0 bridgehead atoms. The lowest BCUT2D eigenvalue weighted by molar-refractivity contribution is 0.475. The number of phenols is 1. The van der Waals surface area contributed by atoms with Crippen LogP contribution in [0.25, 0.3) is 10.9 Å². The van der Waals surface area contributed by atoms with Crippen LogP contribution in [0.5, 0.6) is 5.75 Å². The van der Waals surface area contributed by atoms with Gasteiger partial charge in [0.15, 0.2) is 0 Å². The minimum Gasteiger partial charge on any atom is -0.508 e. The quantitative estimate of drug-likeness (QED) is 0.566. The number of benzene rings is 2. The van der Waals surface area contributed by atoms with Crippen molar-refractivity contribution < 1.29 is 5.11 Å². The second-order valence-electron chi connectivity index (χ2n) is 5.24. The van der Waals surface area contributed by atoms with Gasteiger partial charge in [-0.1, -0.05) is 18.2 Å². The van der Waals surface area contributed by atoms with Gasteiger partial charge in [0.05, 0.1) is 17.4 Å². The molecule has 1 heterocycles. The maximum absolute atomic E-state index is 9.27. The Morgan fingerprint density at radius 2 is 1.86 bits per heavy atom. The van der Waals surface area contributed by atoms with Gasteiger partial charge in [0.25, 0.3) is 0 Å². The molecule has 0 radical (unpaired) electrons. The Bertz CT molecular complexity index is 839. The Balaban J connectivity index is 1.90. The first-order valence-electron chi connectivity index (χ1n) is 7.08. The predicted molar refractivity (Wildman–Crippen MR) is 90.5 cm³/mol. The standard InChI is InChI=1S/C18H17N3O/c1-12-4-3-5-16-17(10-13(2)20-18(12)16)21-19-11-14-6-8-15(22)9-7-14/h3-11,22H,1-2H3,(H,20,21)/b19-11+. The maximum Gasteiger partial charge on any atom is 0.115 e. The molecule has 0 amide bonds. The normalized spacial score (nSPS) is 11.2. The Hall–Kier alpha value is -2.88. The molecule has 3 rings (SSSR count). The molecule has 2 aromatic carbocycles. The summed E-state index contributed by atoms with van der Waals surface area (Å²) in [6, 6.07) is 15.0. The number of aryl methyl sites for hydroxylation is 2. The summed E-state index contributed by atoms with van der Waals surface area (Å²) >= 11 is 0. The summed E-state index contributed by atoms with van der Waals surface area (Å²) in [4.78, 5) is 4.59. The van der Waals surface area contributed by atoms with E-state index in [1.807, 2.05) is 25.1 Å². The van der Waals surface area contributed by atoms with Gasteiger partial charge in [-0.2, -0.15) is 5.10 Å². The lowest BCUT2D eigenvalue weighted by atomic mass is 10.1. The minimum absolute atomic E-state index is 0.247. The van der Waals surface area contributed by atoms with Gasteiger partial charge in [-0.3, -0.25) is 10.4 Å². The average Bonchev–Trinajstić information content (AvgIpc) is 2.50. The second-order valence-corrected chi connectivity index (χ2v) is 5.24. The number of para-hydroxylation sites is 1. The third-order valence-electron chi connectivity index (χ3n) is 3.46. The van der Waals surface area contributed by atoms with Crippen LogP contribution in [0.4, 0.5) is 5.69 Å². The summed E-state index contributed by atoms with van der Waals surface area (Å²) in [5.74, 6) is 0.247. The number of fused-ring (bicyclic) bond motifs is 1. The van der Waals surface area contributed by atoms with E-state index in [1.54, 1.807) is 30.5 Å². The highest BCUT2D eigenvalue weighted by Gasteiger charge is 2.05. The van der Waals surface area contributed by atoms with E-state index >= 15 is 0 Å². The van der Waals surface area contributed by atoms with Crippen molar-refractivity contribution in [3.63, 3.8) is 0 Å². The summed E-state index contributed by atoms with van der Waals surface area (Å²) in [6.07, 6.45) is 1.72. The zero-order chi connectivity index (χ0) is 15.5. The molecule has 4 heteroatoms. The smallest absolute Gasteiger partial charge is 0.115 e. The van der Waals surface area contributed by atoms with Crippen LogP contribution >= 0.6 is 0 Å². The summed E-state index contributed by atoms with van der Waals surface area (Å²) in [5, 5.41) is 14.6. The number of pyridine rings is 1. The third-order valence-corrected chi connectivity index (χ3v) is 3.46. The number of rotatable bonds is 3. The lowest BCUT2D eigenvalue weighted by Gasteiger charge is -2.08. The van der Waals surface area contributed by atoms with Crippen molar-refractivity contribution in [3.05, 3.63) is 65.4 Å². The molecule has 0 aliphatic heterocycles. The number of hydrogen-bond donors (Lipinski definition) is 2. The highest BCUT2D eigenvalue weighted by Crippen LogP contribution is 2.25. The molecule has 0 saturated carbocycles. The van der Waals surface area contributed by atoms with Crippen molar-refractivity contribution in [2.45, 2.75) is 13.8 Å². The van der Waals surface area contributed by atoms with E-state index in [4.69, 9.17) is 0 Å². The van der Waals surface area contributed by atoms with Crippen molar-refractivity contribution in [1.29, 1.82) is 0 Å². The van der Waals surface area contributed by atoms with Gasteiger partial charge in [0, 0.05) is 11.1 Å². The number of anilines is 1. The highest BCUT2D eigenvalue weighted by molar-refractivity contribution is 5.93. The van der Waals surface area contributed by atoms with Crippen molar-refractivity contribution in [2.75, 3.05) is 5.43 Å². The molecule has 0 aliphatic carbocycles. The molecule has 0 spiro atoms. The molecule has 4 nitrogen and oxygen atoms in total. The molecular weight excluding hydrogens is 274 g/mol. The second kappa shape index (κ2) is 5.85. The van der Waals surface area contributed by atoms with Crippen molar-refractivity contribution >= 4 is 22.8 Å². The minimum atomic E-state index is 0.247. The maximum atomic E-state index is 9.27. The molecule has 0 unspecified atom stereocenters. The molecule has 1 aromatic heterocycles. The van der Waals surface area contributed by atoms with E-state index in [1.165, 1.54) is 0 Å². The first kappa shape index (κ1) is 14.1. The molecule has 2 N–H and O–H groups in total. The third kappa shape index (κ3) is 2.91. The Morgan fingerprint density at radius 1 is 1.09 bits per heavy atom. The molecule has 3 aromatic rings. The number of aromatic nitrogens is 1. The fourth-order valence-corrected chi connectivity index (χ4v) is 2.35. The summed E-state index contributed by atoms with van der Waals surface area (Å²) in [6.45, 7) is 4.03. The van der Waals surface area contributed by atoms with Gasteiger partial charge in [-0.05, 0) is 55.3 Å². The van der Waals surface area contributed by atoms with Gasteiger partial charge in [0.1, 0.15) is 5.75 Å². The lowest BCUT2D eigenvalue weighted by Crippen LogP contribution is -1.95. The largest absolute Gasteiger partial charge is 0.508 e. The molecule has 0 aliphatic rings. The van der Waals surface area contributed by atoms with Gasteiger partial charge in [0.2, 0.25) is 0 Å². The van der Waals surface area contributed by atoms with Crippen LogP contribution in [0.1, 0.15) is 16.8 Å². The van der Waals surface area contributed by atoms with E-state index in [0.717, 1.165) is 33.4 Å². The van der Waals surface area contributed by atoms with Gasteiger partial charge in [-0.25, -0.2) is 0 Å². The topological polar surface area (TPSA) is 57.5 Å². The van der Waals surface area contributed by atoms with Gasteiger partial charge < -0.3 is 5.11 Å². The van der Waals surface area contributed by atoms with E-state index < -0.39 is 0 Å². The van der Waals surface area contributed by atoms with Crippen molar-refractivity contribution in [2.24, 2.45) is 5.10 Å². The molecule has 22 heavy (non-hydrogen) atoms. The van der Waals surface area contributed by atoms with Gasteiger partial charge in [-0.15, -0.1) is 0 Å². The summed E-state index contributed by atoms with van der Waals surface area (Å²) < 4.78 is 0. The first-order chi connectivity index (χ1) is 10.6. The first-order valence-corrected chi connectivity index (χ1v) is 7.08. The number of hydrogen-bond acceptors (Lipinski definition) is 4. The molecule has 0 fully saturated rings. The van der Waals surface area contributed by atoms with Crippen LogP contribution in [0, 0.1) is 13.8 Å². The fraction of sp³-hybridized carbons (Fsp3) is 0.111. The van der Waals surface area contributed by atoms with E-state index in [-0.39, 0.29) is 5.75 Å². The van der Waals surface area contributed by atoms with Crippen LogP contribution in [-0.2, 0) is 0 Å². The Kier molecular flexibility index (Phi) is 3.74. The zero-order valence-corrected chi connectivity index (χ0v) is 12.5. The van der Waals surface area contributed by atoms with Crippen molar-refractivity contribution in [3.8, 4) is 5.75 Å². The summed E-state index contributed by atoms with van der Waals surface area (Å²) in [5.41, 5.74) is 8.01. The average molecular weight is 291 g/mol. The van der Waals surface area contributed by atoms with Crippen LogP contribution in [0.2, 0.25) is 0 Å². The predicted octanol–water partition coefficient (Wildman–Crippen LogP) is 4.00. The van der Waals surface area contributed by atoms with Crippen LogP contribution in [0.15, 0.2) is 53.6 Å². The molecule has 0 atom stereocenters. The van der Waals surface area contributed by atoms with E-state index in [9.17, 15) is 5.11 Å².